The molecule has 0 aliphatic carbocycles. The summed E-state index contributed by atoms with van der Waals surface area (Å²) in [7, 11) is 0. The van der Waals surface area contributed by atoms with E-state index in [1.807, 2.05) is 19.1 Å². The van der Waals surface area contributed by atoms with Crippen LogP contribution in [0.5, 0.6) is 0 Å². The van der Waals surface area contributed by atoms with E-state index in [1.165, 1.54) is 10.9 Å². The van der Waals surface area contributed by atoms with E-state index in [0.717, 1.165) is 24.5 Å². The smallest absolute Gasteiger partial charge is 0.327 e. The zero-order valence-corrected chi connectivity index (χ0v) is 12.9. The molecule has 0 amide bonds. The zero-order chi connectivity index (χ0) is 15.6. The van der Waals surface area contributed by atoms with E-state index < -0.39 is 11.9 Å². The summed E-state index contributed by atoms with van der Waals surface area (Å²) in [6.45, 7) is 2.01. The zero-order valence-electron chi connectivity index (χ0n) is 11.4. The van der Waals surface area contributed by atoms with Gasteiger partial charge in [-0.2, -0.15) is 18.3 Å². The monoisotopic (exact) mass is 361 g/mol. The molecule has 2 N–H and O–H groups in total. The molecule has 0 radical (unpaired) electrons. The van der Waals surface area contributed by atoms with E-state index in [2.05, 4.69) is 21.0 Å². The van der Waals surface area contributed by atoms with Gasteiger partial charge in [0.2, 0.25) is 0 Å². The fraction of sp³-hybridized carbons (Fsp3) is 0.357. The molecule has 0 spiro atoms. The van der Waals surface area contributed by atoms with Crippen LogP contribution < -0.4 is 5.73 Å². The number of rotatable bonds is 4. The molecular weight excluding hydrogens is 347 g/mol. The number of nitrogens with zero attached hydrogens (tertiary/aromatic N) is 2. The van der Waals surface area contributed by atoms with Crippen molar-refractivity contribution in [2.75, 3.05) is 0 Å². The highest BCUT2D eigenvalue weighted by Gasteiger charge is 2.33. The second-order valence-corrected chi connectivity index (χ2v) is 5.66. The number of hydrogen-bond donors (Lipinski definition) is 1. The largest absolute Gasteiger partial charge is 0.435 e. The minimum Gasteiger partial charge on any atom is -0.327 e. The molecule has 2 rings (SSSR count). The standard InChI is InChI=1S/C14H15BrF3N3/c1-2-10(19)7-9-3-4-12(11(15)8-9)21-6-5-13(20-21)14(16,17)18/h3-6,8,10H,2,7,19H2,1H3. The first-order valence-electron chi connectivity index (χ1n) is 6.48. The first kappa shape index (κ1) is 16.0. The van der Waals surface area contributed by atoms with Crippen molar-refractivity contribution in [2.45, 2.75) is 32.0 Å². The Hall–Kier alpha value is -1.34. The highest BCUT2D eigenvalue weighted by Crippen LogP contribution is 2.29. The summed E-state index contributed by atoms with van der Waals surface area (Å²) in [6.07, 6.45) is -1.55. The molecule has 0 fully saturated rings. The van der Waals surface area contributed by atoms with Gasteiger partial charge in [-0.1, -0.05) is 13.0 Å². The highest BCUT2D eigenvalue weighted by molar-refractivity contribution is 9.10. The summed E-state index contributed by atoms with van der Waals surface area (Å²) in [5.41, 5.74) is 6.57. The van der Waals surface area contributed by atoms with Gasteiger partial charge in [0, 0.05) is 16.7 Å². The van der Waals surface area contributed by atoms with Crippen molar-refractivity contribution in [1.82, 2.24) is 9.78 Å². The lowest BCUT2D eigenvalue weighted by molar-refractivity contribution is -0.141. The first-order valence-corrected chi connectivity index (χ1v) is 7.27. The molecule has 0 saturated carbocycles. The molecule has 114 valence electrons. The topological polar surface area (TPSA) is 43.8 Å². The van der Waals surface area contributed by atoms with Crippen LogP contribution in [0, 0.1) is 0 Å². The van der Waals surface area contributed by atoms with Gasteiger partial charge in [0.25, 0.3) is 0 Å². The number of benzene rings is 1. The number of halogens is 4. The van der Waals surface area contributed by atoms with E-state index in [4.69, 9.17) is 5.73 Å². The molecule has 7 heteroatoms. The summed E-state index contributed by atoms with van der Waals surface area (Å²) in [5.74, 6) is 0. The van der Waals surface area contributed by atoms with Gasteiger partial charge in [0.1, 0.15) is 0 Å². The summed E-state index contributed by atoms with van der Waals surface area (Å²) in [5, 5.41) is 3.56. The second-order valence-electron chi connectivity index (χ2n) is 4.80. The van der Waals surface area contributed by atoms with Crippen molar-refractivity contribution in [1.29, 1.82) is 0 Å². The maximum atomic E-state index is 12.6. The average molecular weight is 362 g/mol. The molecule has 1 aromatic heterocycles. The van der Waals surface area contributed by atoms with Crippen LogP contribution in [0.15, 0.2) is 34.9 Å². The average Bonchev–Trinajstić information content (AvgIpc) is 2.88. The molecular formula is C14H15BrF3N3. The van der Waals surface area contributed by atoms with Crippen molar-refractivity contribution in [3.8, 4) is 5.69 Å². The lowest BCUT2D eigenvalue weighted by atomic mass is 10.0. The van der Waals surface area contributed by atoms with Crippen molar-refractivity contribution in [3.05, 3.63) is 46.2 Å². The predicted molar refractivity (Wildman–Crippen MR) is 78.2 cm³/mol. The molecule has 1 unspecified atom stereocenters. The van der Waals surface area contributed by atoms with Crippen molar-refractivity contribution >= 4 is 15.9 Å². The normalized spacial score (nSPS) is 13.4. The molecule has 1 heterocycles. The van der Waals surface area contributed by atoms with Gasteiger partial charge in [0.15, 0.2) is 5.69 Å². The Morgan fingerprint density at radius 1 is 1.33 bits per heavy atom. The minimum atomic E-state index is -4.44. The van der Waals surface area contributed by atoms with Crippen LogP contribution in [0.3, 0.4) is 0 Å². The first-order chi connectivity index (χ1) is 9.81. The van der Waals surface area contributed by atoms with Crippen LogP contribution in [0.1, 0.15) is 24.6 Å². The van der Waals surface area contributed by atoms with Gasteiger partial charge in [-0.25, -0.2) is 4.68 Å². The second kappa shape index (κ2) is 6.19. The number of aromatic nitrogens is 2. The number of alkyl halides is 3. The third-order valence-electron chi connectivity index (χ3n) is 3.16. The molecule has 21 heavy (non-hydrogen) atoms. The van der Waals surface area contributed by atoms with Crippen LogP contribution in [0.25, 0.3) is 5.69 Å². The summed E-state index contributed by atoms with van der Waals surface area (Å²) < 4.78 is 39.6. The quantitative estimate of drug-likeness (QED) is 0.896. The lowest BCUT2D eigenvalue weighted by Crippen LogP contribution is -2.21. The molecule has 0 aliphatic rings. The highest BCUT2D eigenvalue weighted by atomic mass is 79.9. The van der Waals surface area contributed by atoms with Gasteiger partial charge in [-0.3, -0.25) is 0 Å². The van der Waals surface area contributed by atoms with Crippen LogP contribution in [-0.4, -0.2) is 15.8 Å². The Balaban J connectivity index is 2.27. The van der Waals surface area contributed by atoms with Gasteiger partial charge in [-0.05, 0) is 52.5 Å². The Morgan fingerprint density at radius 2 is 2.05 bits per heavy atom. The molecule has 1 aromatic carbocycles. The fourth-order valence-electron chi connectivity index (χ4n) is 1.92. The van der Waals surface area contributed by atoms with Crippen LogP contribution in [0.4, 0.5) is 13.2 Å². The fourth-order valence-corrected chi connectivity index (χ4v) is 2.53. The van der Waals surface area contributed by atoms with E-state index in [9.17, 15) is 13.2 Å². The molecule has 2 aromatic rings. The summed E-state index contributed by atoms with van der Waals surface area (Å²) >= 11 is 3.37. The van der Waals surface area contributed by atoms with Gasteiger partial charge in [-0.15, -0.1) is 0 Å². The number of hydrogen-bond acceptors (Lipinski definition) is 2. The Labute approximate surface area is 129 Å². The molecule has 0 saturated heterocycles. The molecule has 3 nitrogen and oxygen atoms in total. The Kier molecular flexibility index (Phi) is 4.73. The Morgan fingerprint density at radius 3 is 2.57 bits per heavy atom. The van der Waals surface area contributed by atoms with Crippen molar-refractivity contribution in [3.63, 3.8) is 0 Å². The van der Waals surface area contributed by atoms with E-state index in [0.29, 0.717) is 10.2 Å². The minimum absolute atomic E-state index is 0.0734. The molecule has 0 bridgehead atoms. The predicted octanol–water partition coefficient (Wildman–Crippen LogP) is 3.93. The van der Waals surface area contributed by atoms with E-state index in [-0.39, 0.29) is 6.04 Å². The van der Waals surface area contributed by atoms with Gasteiger partial charge in [0.05, 0.1) is 5.69 Å². The Bertz CT molecular complexity index is 622. The van der Waals surface area contributed by atoms with E-state index >= 15 is 0 Å². The SMILES string of the molecule is CCC(N)Cc1ccc(-n2ccc(C(F)(F)F)n2)c(Br)c1. The molecule has 1 atom stereocenters. The lowest BCUT2D eigenvalue weighted by Gasteiger charge is -2.11. The molecule has 0 aliphatic heterocycles. The van der Waals surface area contributed by atoms with Gasteiger partial charge >= 0.3 is 6.18 Å². The maximum Gasteiger partial charge on any atom is 0.435 e. The summed E-state index contributed by atoms with van der Waals surface area (Å²) in [6, 6.07) is 6.47. The maximum absolute atomic E-state index is 12.6. The van der Waals surface area contributed by atoms with Crippen LogP contribution in [0.2, 0.25) is 0 Å². The van der Waals surface area contributed by atoms with Crippen molar-refractivity contribution < 1.29 is 13.2 Å². The van der Waals surface area contributed by atoms with Gasteiger partial charge < -0.3 is 5.73 Å². The van der Waals surface area contributed by atoms with E-state index in [1.54, 1.807) is 6.07 Å². The third-order valence-corrected chi connectivity index (χ3v) is 3.80. The third kappa shape index (κ3) is 3.85. The van der Waals surface area contributed by atoms with Crippen molar-refractivity contribution in [2.24, 2.45) is 5.73 Å². The van der Waals surface area contributed by atoms with Crippen LogP contribution in [-0.2, 0) is 12.6 Å². The number of nitrogens with two attached hydrogens (primary N) is 1. The van der Waals surface area contributed by atoms with Crippen LogP contribution >= 0.6 is 15.9 Å². The summed E-state index contributed by atoms with van der Waals surface area (Å²) in [4.78, 5) is 0.